The molecular formula is C7H9N3O6. The highest BCUT2D eigenvalue weighted by molar-refractivity contribution is 5.70. The molecule has 1 aromatic rings. The van der Waals surface area contributed by atoms with Crippen LogP contribution in [0.25, 0.3) is 0 Å². The van der Waals surface area contributed by atoms with Gasteiger partial charge in [0.25, 0.3) is 0 Å². The number of carbonyl (C=O) groups is 1. The fraction of sp³-hybridized carbons (Fsp3) is 0.429. The van der Waals surface area contributed by atoms with E-state index in [-0.39, 0.29) is 11.2 Å². The molecule has 0 aliphatic rings. The van der Waals surface area contributed by atoms with Gasteiger partial charge in [-0.2, -0.15) is 0 Å². The van der Waals surface area contributed by atoms with E-state index < -0.39 is 29.3 Å². The number of nitrogens with zero attached hydrogens (tertiary/aromatic N) is 1. The topological polar surface area (TPSA) is 134 Å². The Morgan fingerprint density at radius 1 is 1.38 bits per heavy atom. The Morgan fingerprint density at radius 2 is 1.88 bits per heavy atom. The summed E-state index contributed by atoms with van der Waals surface area (Å²) in [6, 6.07) is 0. The number of aromatic amines is 2. The zero-order chi connectivity index (χ0) is 12.3. The highest BCUT2D eigenvalue weighted by Gasteiger charge is 2.23. The van der Waals surface area contributed by atoms with E-state index in [2.05, 4.69) is 0 Å². The fourth-order valence-electron chi connectivity index (χ4n) is 1.07. The van der Waals surface area contributed by atoms with E-state index in [4.69, 9.17) is 9.84 Å². The van der Waals surface area contributed by atoms with Crippen LogP contribution in [0.15, 0.2) is 14.4 Å². The maximum absolute atomic E-state index is 11.2. The predicted octanol–water partition coefficient (Wildman–Crippen LogP) is -2.16. The number of carboxylic acids is 1. The fourth-order valence-corrected chi connectivity index (χ4v) is 1.07. The quantitative estimate of drug-likeness (QED) is 0.540. The van der Waals surface area contributed by atoms with E-state index >= 15 is 0 Å². The number of aromatic nitrogens is 3. The number of carboxylic acid groups (broad SMARTS) is 1. The molecule has 0 amide bonds. The molecule has 9 nitrogen and oxygen atoms in total. The van der Waals surface area contributed by atoms with Crippen molar-refractivity contribution in [3.8, 4) is 0 Å². The number of hydrogen-bond acceptors (Lipinski definition) is 5. The van der Waals surface area contributed by atoms with E-state index in [1.807, 2.05) is 0 Å². The zero-order valence-corrected chi connectivity index (χ0v) is 8.22. The third-order valence-electron chi connectivity index (χ3n) is 1.65. The normalized spacial score (nSPS) is 12.3. The summed E-state index contributed by atoms with van der Waals surface area (Å²) in [6.07, 6.45) is -1.77. The first kappa shape index (κ1) is 11.9. The number of rotatable bonds is 4. The van der Waals surface area contributed by atoms with Gasteiger partial charge in [-0.1, -0.05) is 0 Å². The molecular weight excluding hydrogens is 222 g/mol. The van der Waals surface area contributed by atoms with Crippen LogP contribution in [0.5, 0.6) is 0 Å². The lowest BCUT2D eigenvalue weighted by atomic mass is 10.5. The van der Waals surface area contributed by atoms with Gasteiger partial charge in [0.1, 0.15) is 0 Å². The predicted molar refractivity (Wildman–Crippen MR) is 50.2 cm³/mol. The van der Waals surface area contributed by atoms with Crippen molar-refractivity contribution in [1.82, 2.24) is 14.5 Å². The maximum atomic E-state index is 11.2. The van der Waals surface area contributed by atoms with Gasteiger partial charge in [0.05, 0.1) is 0 Å². The number of hydrogen-bond donors (Lipinski definition) is 3. The van der Waals surface area contributed by atoms with Crippen LogP contribution >= 0.6 is 0 Å². The van der Waals surface area contributed by atoms with Crippen molar-refractivity contribution in [3.05, 3.63) is 31.5 Å². The van der Waals surface area contributed by atoms with E-state index in [9.17, 15) is 19.2 Å². The molecule has 0 saturated heterocycles. The molecule has 0 saturated carbocycles. The number of nitrogens with one attached hydrogen (secondary N) is 2. The van der Waals surface area contributed by atoms with Crippen LogP contribution in [0, 0.1) is 0 Å². The second-order valence-electron chi connectivity index (χ2n) is 2.71. The Morgan fingerprint density at radius 3 is 2.25 bits per heavy atom. The standard InChI is InChI=1S/C7H9N3O6/c1-2-16-3(4(11)12)10-6(14)8-5(13)9-7(10)15/h3H,2H2,1H3,(H,11,12)(H2,8,9,13,14,15). The van der Waals surface area contributed by atoms with Gasteiger partial charge >= 0.3 is 23.0 Å². The van der Waals surface area contributed by atoms with Gasteiger partial charge in [-0.15, -0.1) is 0 Å². The van der Waals surface area contributed by atoms with Gasteiger partial charge < -0.3 is 9.84 Å². The van der Waals surface area contributed by atoms with Gasteiger partial charge in [-0.05, 0) is 6.92 Å². The molecule has 0 bridgehead atoms. The summed E-state index contributed by atoms with van der Waals surface area (Å²) >= 11 is 0. The molecule has 0 fully saturated rings. The summed E-state index contributed by atoms with van der Waals surface area (Å²) < 4.78 is 4.98. The summed E-state index contributed by atoms with van der Waals surface area (Å²) in [5, 5.41) is 8.75. The van der Waals surface area contributed by atoms with E-state index in [0.717, 1.165) is 0 Å². The van der Waals surface area contributed by atoms with Gasteiger partial charge in [0.15, 0.2) is 0 Å². The average Bonchev–Trinajstić information content (AvgIpc) is 2.14. The molecule has 0 aliphatic heterocycles. The van der Waals surface area contributed by atoms with Gasteiger partial charge in [0, 0.05) is 6.61 Å². The maximum Gasteiger partial charge on any atom is 0.354 e. The number of aliphatic carboxylic acids is 1. The van der Waals surface area contributed by atoms with Crippen molar-refractivity contribution < 1.29 is 14.6 Å². The molecule has 9 heteroatoms. The van der Waals surface area contributed by atoms with Crippen LogP contribution in [-0.2, 0) is 9.53 Å². The van der Waals surface area contributed by atoms with Crippen LogP contribution in [-0.4, -0.2) is 32.2 Å². The summed E-state index contributed by atoms with van der Waals surface area (Å²) in [7, 11) is 0. The number of ether oxygens (including phenoxy) is 1. The molecule has 0 spiro atoms. The van der Waals surface area contributed by atoms with Crippen LogP contribution in [0.2, 0.25) is 0 Å². The molecule has 88 valence electrons. The molecule has 0 radical (unpaired) electrons. The SMILES string of the molecule is CCOC(C(=O)O)n1c(=O)[nH]c(=O)[nH]c1=O. The third-order valence-corrected chi connectivity index (χ3v) is 1.65. The van der Waals surface area contributed by atoms with E-state index in [0.29, 0.717) is 0 Å². The Balaban J connectivity index is 3.41. The van der Waals surface area contributed by atoms with Crippen molar-refractivity contribution in [2.45, 2.75) is 13.2 Å². The lowest BCUT2D eigenvalue weighted by molar-refractivity contribution is -0.157. The van der Waals surface area contributed by atoms with Crippen molar-refractivity contribution in [2.24, 2.45) is 0 Å². The molecule has 1 atom stereocenters. The Hall–Kier alpha value is -2.16. The smallest absolute Gasteiger partial charge is 0.354 e. The molecule has 0 aliphatic carbocycles. The minimum Gasteiger partial charge on any atom is -0.478 e. The lowest BCUT2D eigenvalue weighted by Crippen LogP contribution is -2.47. The Bertz CT molecular complexity index is 518. The van der Waals surface area contributed by atoms with Crippen LogP contribution in [0.1, 0.15) is 13.2 Å². The summed E-state index contributed by atoms with van der Waals surface area (Å²) in [4.78, 5) is 47.4. The minimum atomic E-state index is -1.77. The zero-order valence-electron chi connectivity index (χ0n) is 8.22. The van der Waals surface area contributed by atoms with Crippen LogP contribution in [0.4, 0.5) is 0 Å². The van der Waals surface area contributed by atoms with Crippen LogP contribution < -0.4 is 17.1 Å². The first-order valence-corrected chi connectivity index (χ1v) is 4.27. The summed E-state index contributed by atoms with van der Waals surface area (Å²) in [5.41, 5.74) is -3.30. The average molecular weight is 231 g/mol. The molecule has 1 aromatic heterocycles. The molecule has 0 aromatic carbocycles. The third kappa shape index (κ3) is 2.25. The van der Waals surface area contributed by atoms with Crippen molar-refractivity contribution in [3.63, 3.8) is 0 Å². The lowest BCUT2D eigenvalue weighted by Gasteiger charge is -2.12. The van der Waals surface area contributed by atoms with Crippen molar-refractivity contribution in [1.29, 1.82) is 0 Å². The Labute approximate surface area is 87.3 Å². The van der Waals surface area contributed by atoms with Gasteiger partial charge in [0.2, 0.25) is 6.23 Å². The summed E-state index contributed by atoms with van der Waals surface area (Å²) in [6.45, 7) is 1.49. The highest BCUT2D eigenvalue weighted by Crippen LogP contribution is 2.01. The first-order chi connectivity index (χ1) is 7.47. The Kier molecular flexibility index (Phi) is 3.40. The summed E-state index contributed by atoms with van der Waals surface area (Å²) in [5.74, 6) is -1.51. The largest absolute Gasteiger partial charge is 0.478 e. The van der Waals surface area contributed by atoms with E-state index in [1.54, 1.807) is 9.97 Å². The molecule has 1 rings (SSSR count). The molecule has 1 heterocycles. The van der Waals surface area contributed by atoms with Crippen molar-refractivity contribution in [2.75, 3.05) is 6.61 Å². The molecule has 16 heavy (non-hydrogen) atoms. The van der Waals surface area contributed by atoms with Gasteiger partial charge in [-0.3, -0.25) is 9.97 Å². The highest BCUT2D eigenvalue weighted by atomic mass is 16.5. The van der Waals surface area contributed by atoms with Gasteiger partial charge in [-0.25, -0.2) is 23.7 Å². The second-order valence-corrected chi connectivity index (χ2v) is 2.71. The second kappa shape index (κ2) is 4.57. The number of H-pyrrole nitrogens is 2. The monoisotopic (exact) mass is 231 g/mol. The van der Waals surface area contributed by atoms with Crippen molar-refractivity contribution >= 4 is 5.97 Å². The molecule has 1 unspecified atom stereocenters. The first-order valence-electron chi connectivity index (χ1n) is 4.27. The van der Waals surface area contributed by atoms with E-state index in [1.165, 1.54) is 6.92 Å². The molecule has 3 N–H and O–H groups in total. The minimum absolute atomic E-state index is 0.0119. The van der Waals surface area contributed by atoms with Crippen LogP contribution in [0.3, 0.4) is 0 Å².